The van der Waals surface area contributed by atoms with Crippen LogP contribution in [0.4, 0.5) is 0 Å². The van der Waals surface area contributed by atoms with Gasteiger partial charge >= 0.3 is 0 Å². The van der Waals surface area contributed by atoms with E-state index in [0.29, 0.717) is 0 Å². The standard InChI is InChI=1S/C12H11P.C7H8.ClH/c1-3-7-11(8-4-1)13-12-9-5-2-6-10-12;1-7-5-3-2-4-6-7;/h1-10,13H;2-6H,1H3;1H. The minimum atomic E-state index is 0. The Kier molecular flexibility index (Phi) is 8.43. The van der Waals surface area contributed by atoms with Crippen molar-refractivity contribution >= 4 is 31.6 Å². The monoisotopic (exact) mass is 314 g/mol. The van der Waals surface area contributed by atoms with Crippen LogP contribution in [0.15, 0.2) is 91.0 Å². The Balaban J connectivity index is 0.000000236. The van der Waals surface area contributed by atoms with Crippen LogP contribution in [0.1, 0.15) is 5.56 Å². The maximum absolute atomic E-state index is 2.17. The largest absolute Gasteiger partial charge is 0.147 e. The lowest BCUT2D eigenvalue weighted by Gasteiger charge is -2.00. The first-order valence-electron chi connectivity index (χ1n) is 6.73. The van der Waals surface area contributed by atoms with Crippen molar-refractivity contribution in [2.24, 2.45) is 0 Å². The Bertz CT molecular complexity index is 557. The number of benzene rings is 3. The van der Waals surface area contributed by atoms with Gasteiger partial charge in [-0.25, -0.2) is 0 Å². The normalized spacial score (nSPS) is 9.00. The molecule has 0 aliphatic heterocycles. The minimum absolute atomic E-state index is 0. The van der Waals surface area contributed by atoms with Crippen molar-refractivity contribution in [2.45, 2.75) is 6.92 Å². The molecule has 21 heavy (non-hydrogen) atoms. The number of halogens is 1. The van der Waals surface area contributed by atoms with Gasteiger partial charge in [-0.3, -0.25) is 0 Å². The first-order valence-corrected chi connectivity index (χ1v) is 7.73. The molecule has 0 atom stereocenters. The summed E-state index contributed by atoms with van der Waals surface area (Å²) in [5.41, 5.74) is 1.32. The van der Waals surface area contributed by atoms with E-state index in [1.54, 1.807) is 0 Å². The lowest BCUT2D eigenvalue weighted by Crippen LogP contribution is -2.01. The van der Waals surface area contributed by atoms with Crippen LogP contribution in [0.2, 0.25) is 0 Å². The summed E-state index contributed by atoms with van der Waals surface area (Å²) in [6, 6.07) is 31.4. The predicted octanol–water partition coefficient (Wildman–Crippen LogP) is 4.73. The molecule has 0 aliphatic carbocycles. The van der Waals surface area contributed by atoms with Crippen molar-refractivity contribution < 1.29 is 0 Å². The molecule has 3 rings (SSSR count). The van der Waals surface area contributed by atoms with Crippen molar-refractivity contribution in [3.8, 4) is 0 Å². The van der Waals surface area contributed by atoms with Crippen LogP contribution in [0.5, 0.6) is 0 Å². The SMILES string of the molecule is Cc1ccccc1.Cl.c1ccc(Pc2ccccc2)cc1. The van der Waals surface area contributed by atoms with E-state index in [9.17, 15) is 0 Å². The molecule has 0 heterocycles. The van der Waals surface area contributed by atoms with E-state index in [-0.39, 0.29) is 12.4 Å². The quantitative estimate of drug-likeness (QED) is 0.600. The fraction of sp³-hybridized carbons (Fsp3) is 0.0526. The fourth-order valence-electron chi connectivity index (χ4n) is 1.74. The smallest absolute Gasteiger partial charge is 0.0226 e. The highest BCUT2D eigenvalue weighted by molar-refractivity contribution is 7.55. The fourth-order valence-corrected chi connectivity index (χ4v) is 2.80. The number of aryl methyl sites for hydroxylation is 1. The zero-order valence-electron chi connectivity index (χ0n) is 12.1. The highest BCUT2D eigenvalue weighted by atomic mass is 35.5. The molecule has 0 aliphatic rings. The first kappa shape index (κ1) is 17.4. The van der Waals surface area contributed by atoms with E-state index < -0.39 is 0 Å². The molecule has 0 unspecified atom stereocenters. The predicted molar refractivity (Wildman–Crippen MR) is 98.9 cm³/mol. The molecule has 0 radical (unpaired) electrons. The maximum Gasteiger partial charge on any atom is -0.0226 e. The zero-order valence-corrected chi connectivity index (χ0v) is 13.9. The Hall–Kier alpha value is -1.62. The van der Waals surface area contributed by atoms with E-state index >= 15 is 0 Å². The van der Waals surface area contributed by atoms with Crippen molar-refractivity contribution in [3.63, 3.8) is 0 Å². The minimum Gasteiger partial charge on any atom is -0.147 e. The molecule has 0 nitrogen and oxygen atoms in total. The Morgan fingerprint density at radius 1 is 0.524 bits per heavy atom. The molecule has 0 aromatic heterocycles. The van der Waals surface area contributed by atoms with Gasteiger partial charge in [-0.05, 0) is 17.5 Å². The van der Waals surface area contributed by atoms with Gasteiger partial charge in [-0.15, -0.1) is 12.4 Å². The summed E-state index contributed by atoms with van der Waals surface area (Å²) in [6.07, 6.45) is 0. The molecule has 0 saturated carbocycles. The van der Waals surface area contributed by atoms with Crippen LogP contribution in [0.3, 0.4) is 0 Å². The molecule has 3 aromatic carbocycles. The summed E-state index contributed by atoms with van der Waals surface area (Å²) in [4.78, 5) is 0. The van der Waals surface area contributed by atoms with Crippen LogP contribution in [0.25, 0.3) is 0 Å². The lowest BCUT2D eigenvalue weighted by atomic mass is 10.2. The number of rotatable bonds is 2. The molecule has 0 bridgehead atoms. The van der Waals surface area contributed by atoms with Crippen molar-refractivity contribution in [2.75, 3.05) is 0 Å². The van der Waals surface area contributed by atoms with Crippen LogP contribution in [-0.4, -0.2) is 0 Å². The highest BCUT2D eigenvalue weighted by Gasteiger charge is 1.92. The Morgan fingerprint density at radius 3 is 1.14 bits per heavy atom. The molecule has 0 N–H and O–H groups in total. The van der Waals surface area contributed by atoms with Gasteiger partial charge in [-0.1, -0.05) is 105 Å². The van der Waals surface area contributed by atoms with E-state index in [1.807, 2.05) is 18.2 Å². The van der Waals surface area contributed by atoms with Crippen molar-refractivity contribution in [3.05, 3.63) is 96.6 Å². The molecule has 0 spiro atoms. The van der Waals surface area contributed by atoms with Gasteiger partial charge in [-0.2, -0.15) is 0 Å². The maximum atomic E-state index is 2.17. The van der Waals surface area contributed by atoms with Crippen LogP contribution >= 0.6 is 21.0 Å². The Labute approximate surface area is 135 Å². The molecule has 2 heteroatoms. The molecule has 0 saturated heterocycles. The summed E-state index contributed by atoms with van der Waals surface area (Å²) in [5, 5.41) is 2.79. The van der Waals surface area contributed by atoms with E-state index in [0.717, 1.165) is 8.58 Å². The topological polar surface area (TPSA) is 0 Å². The van der Waals surface area contributed by atoms with Gasteiger partial charge in [0.15, 0.2) is 0 Å². The molecule has 3 aromatic rings. The molecule has 0 amide bonds. The van der Waals surface area contributed by atoms with Crippen LogP contribution in [0, 0.1) is 6.92 Å². The molecular weight excluding hydrogens is 295 g/mol. The summed E-state index contributed by atoms with van der Waals surface area (Å²) >= 11 is 0. The summed E-state index contributed by atoms with van der Waals surface area (Å²) in [5.74, 6) is 0. The third kappa shape index (κ3) is 7.09. The van der Waals surface area contributed by atoms with Gasteiger partial charge in [0.05, 0.1) is 0 Å². The van der Waals surface area contributed by atoms with Crippen LogP contribution < -0.4 is 10.6 Å². The van der Waals surface area contributed by atoms with Crippen molar-refractivity contribution in [1.82, 2.24) is 0 Å². The van der Waals surface area contributed by atoms with E-state index in [2.05, 4.69) is 79.7 Å². The molecular formula is C19H20ClP. The molecule has 0 fully saturated rings. The van der Waals surface area contributed by atoms with Crippen molar-refractivity contribution in [1.29, 1.82) is 0 Å². The molecule has 108 valence electrons. The zero-order chi connectivity index (χ0) is 14.0. The lowest BCUT2D eigenvalue weighted by molar-refractivity contribution is 1.48. The average molecular weight is 315 g/mol. The second kappa shape index (κ2) is 10.2. The van der Waals surface area contributed by atoms with Gasteiger partial charge < -0.3 is 0 Å². The van der Waals surface area contributed by atoms with Gasteiger partial charge in [0.2, 0.25) is 0 Å². The average Bonchev–Trinajstić information content (AvgIpc) is 2.51. The second-order valence-corrected chi connectivity index (χ2v) is 5.92. The summed E-state index contributed by atoms with van der Waals surface area (Å²) in [7, 11) is 0.777. The Morgan fingerprint density at radius 2 is 0.857 bits per heavy atom. The summed E-state index contributed by atoms with van der Waals surface area (Å²) in [6.45, 7) is 2.08. The van der Waals surface area contributed by atoms with Gasteiger partial charge in [0, 0.05) is 0 Å². The number of hydrogen-bond donors (Lipinski definition) is 0. The van der Waals surface area contributed by atoms with Gasteiger partial charge in [0.25, 0.3) is 0 Å². The number of hydrogen-bond acceptors (Lipinski definition) is 0. The first-order chi connectivity index (χ1) is 9.84. The van der Waals surface area contributed by atoms with E-state index in [1.165, 1.54) is 16.2 Å². The third-order valence-electron chi connectivity index (χ3n) is 2.78. The van der Waals surface area contributed by atoms with Gasteiger partial charge in [0.1, 0.15) is 0 Å². The summed E-state index contributed by atoms with van der Waals surface area (Å²) < 4.78 is 0. The van der Waals surface area contributed by atoms with E-state index in [4.69, 9.17) is 0 Å². The second-order valence-electron chi connectivity index (χ2n) is 4.51. The van der Waals surface area contributed by atoms with Crippen LogP contribution in [-0.2, 0) is 0 Å². The third-order valence-corrected chi connectivity index (χ3v) is 4.02. The highest BCUT2D eigenvalue weighted by Crippen LogP contribution is 2.08.